The van der Waals surface area contributed by atoms with Gasteiger partial charge in [0.05, 0.1) is 7.11 Å². The topological polar surface area (TPSA) is 105 Å². The van der Waals surface area contributed by atoms with Crippen molar-refractivity contribution in [2.75, 3.05) is 12.8 Å². The summed E-state index contributed by atoms with van der Waals surface area (Å²) < 4.78 is 5.03. The molecule has 1 aromatic carbocycles. The fourth-order valence-corrected chi connectivity index (χ4v) is 1.66. The molecule has 19 heavy (non-hydrogen) atoms. The number of carboxylic acids is 1. The maximum atomic E-state index is 12.2. The Bertz CT molecular complexity index is 646. The van der Waals surface area contributed by atoms with Crippen LogP contribution in [0.3, 0.4) is 0 Å². The van der Waals surface area contributed by atoms with Gasteiger partial charge in [-0.05, 0) is 24.3 Å². The number of nitrogens with two attached hydrogens (primary N) is 1. The summed E-state index contributed by atoms with van der Waals surface area (Å²) in [6.45, 7) is 0. The van der Waals surface area contributed by atoms with Gasteiger partial charge in [0.25, 0.3) is 0 Å². The number of methoxy groups -OCH3 is 1. The third-order valence-corrected chi connectivity index (χ3v) is 2.68. The highest BCUT2D eigenvalue weighted by molar-refractivity contribution is 6.13. The van der Waals surface area contributed by atoms with Gasteiger partial charge in [0.1, 0.15) is 11.4 Å². The minimum absolute atomic E-state index is 0.0511. The van der Waals surface area contributed by atoms with Crippen molar-refractivity contribution < 1.29 is 19.4 Å². The van der Waals surface area contributed by atoms with E-state index in [4.69, 9.17) is 15.6 Å². The van der Waals surface area contributed by atoms with Crippen LogP contribution in [0, 0.1) is 0 Å². The highest BCUT2D eigenvalue weighted by Crippen LogP contribution is 2.22. The average Bonchev–Trinajstić information content (AvgIpc) is 2.88. The first-order chi connectivity index (χ1) is 9.02. The fraction of sp³-hybridized carbons (Fsp3) is 0.0769. The number of carbonyl (C=O) groups is 2. The van der Waals surface area contributed by atoms with Gasteiger partial charge in [-0.1, -0.05) is 0 Å². The smallest absolute Gasteiger partial charge is 0.352 e. The lowest BCUT2D eigenvalue weighted by Gasteiger charge is -2.06. The molecule has 1 aromatic heterocycles. The second-order valence-corrected chi connectivity index (χ2v) is 3.89. The van der Waals surface area contributed by atoms with Gasteiger partial charge in [0.2, 0.25) is 0 Å². The van der Waals surface area contributed by atoms with Crippen molar-refractivity contribution in [2.24, 2.45) is 0 Å². The van der Waals surface area contributed by atoms with Crippen molar-refractivity contribution in [2.45, 2.75) is 0 Å². The number of benzene rings is 1. The van der Waals surface area contributed by atoms with Crippen LogP contribution >= 0.6 is 0 Å². The predicted molar refractivity (Wildman–Crippen MR) is 68.6 cm³/mol. The van der Waals surface area contributed by atoms with Crippen LogP contribution in [0.5, 0.6) is 5.75 Å². The molecule has 0 spiro atoms. The highest BCUT2D eigenvalue weighted by atomic mass is 16.5. The molecule has 0 radical (unpaired) electrons. The van der Waals surface area contributed by atoms with E-state index >= 15 is 0 Å². The van der Waals surface area contributed by atoms with Gasteiger partial charge in [-0.2, -0.15) is 0 Å². The van der Waals surface area contributed by atoms with Gasteiger partial charge >= 0.3 is 5.97 Å². The van der Waals surface area contributed by atoms with Gasteiger partial charge < -0.3 is 20.6 Å². The number of anilines is 1. The average molecular weight is 260 g/mol. The van der Waals surface area contributed by atoms with Crippen LogP contribution in [0.15, 0.2) is 30.5 Å². The lowest BCUT2D eigenvalue weighted by atomic mass is 10.0. The number of carbonyl (C=O) groups excluding carboxylic acids is 1. The van der Waals surface area contributed by atoms with E-state index in [0.29, 0.717) is 11.4 Å². The molecule has 0 bridgehead atoms. The number of aromatic nitrogens is 1. The number of carboxylic acid groups (broad SMARTS) is 1. The molecule has 2 aromatic rings. The van der Waals surface area contributed by atoms with Crippen molar-refractivity contribution in [3.8, 4) is 5.75 Å². The Kier molecular flexibility index (Phi) is 3.24. The van der Waals surface area contributed by atoms with Crippen LogP contribution in [-0.4, -0.2) is 29.0 Å². The van der Waals surface area contributed by atoms with Gasteiger partial charge in [0, 0.05) is 23.0 Å². The molecule has 0 saturated carbocycles. The normalized spacial score (nSPS) is 10.2. The van der Waals surface area contributed by atoms with Crippen molar-refractivity contribution in [1.29, 1.82) is 0 Å². The molecule has 0 unspecified atom stereocenters. The largest absolute Gasteiger partial charge is 0.497 e. The fourth-order valence-electron chi connectivity index (χ4n) is 1.66. The van der Waals surface area contributed by atoms with Gasteiger partial charge in [-0.25, -0.2) is 4.79 Å². The number of hydrogen-bond acceptors (Lipinski definition) is 4. The molecule has 6 nitrogen and oxygen atoms in total. The van der Waals surface area contributed by atoms with Crippen LogP contribution < -0.4 is 10.5 Å². The molecule has 0 saturated heterocycles. The van der Waals surface area contributed by atoms with Crippen LogP contribution in [-0.2, 0) is 0 Å². The number of H-pyrrole nitrogens is 1. The third kappa shape index (κ3) is 2.42. The summed E-state index contributed by atoms with van der Waals surface area (Å²) in [5.41, 5.74) is 6.51. The van der Waals surface area contributed by atoms with Crippen LogP contribution in [0.25, 0.3) is 0 Å². The van der Waals surface area contributed by atoms with Gasteiger partial charge in [-0.3, -0.25) is 4.79 Å². The van der Waals surface area contributed by atoms with E-state index in [1.165, 1.54) is 25.4 Å². The van der Waals surface area contributed by atoms with Crippen LogP contribution in [0.4, 0.5) is 5.69 Å². The Morgan fingerprint density at radius 3 is 2.63 bits per heavy atom. The molecule has 4 N–H and O–H groups in total. The molecule has 0 atom stereocenters. The van der Waals surface area contributed by atoms with E-state index in [0.717, 1.165) is 0 Å². The molecule has 1 heterocycles. The van der Waals surface area contributed by atoms with Crippen molar-refractivity contribution in [1.82, 2.24) is 4.98 Å². The standard InChI is InChI=1S/C13H12N2O4/c1-19-8-2-3-10(14)9(5-8)12(16)7-4-11(13(17)18)15-6-7/h2-6,15H,14H2,1H3,(H,17,18). The minimum atomic E-state index is -1.13. The zero-order valence-corrected chi connectivity index (χ0v) is 10.1. The molecule has 2 rings (SSSR count). The number of ketones is 1. The van der Waals surface area contributed by atoms with E-state index in [9.17, 15) is 9.59 Å². The molecular formula is C13H12N2O4. The zero-order valence-electron chi connectivity index (χ0n) is 10.1. The van der Waals surface area contributed by atoms with Crippen molar-refractivity contribution in [3.05, 3.63) is 47.3 Å². The first-order valence-corrected chi connectivity index (χ1v) is 5.43. The number of aromatic carboxylic acids is 1. The summed E-state index contributed by atoms with van der Waals surface area (Å²) in [4.78, 5) is 25.5. The molecule has 0 fully saturated rings. The summed E-state index contributed by atoms with van der Waals surface area (Å²) in [6.07, 6.45) is 1.34. The number of rotatable bonds is 4. The molecule has 6 heteroatoms. The summed E-state index contributed by atoms with van der Waals surface area (Å²) in [5, 5.41) is 8.80. The predicted octanol–water partition coefficient (Wildman–Crippen LogP) is 1.53. The Morgan fingerprint density at radius 2 is 2.05 bits per heavy atom. The second-order valence-electron chi connectivity index (χ2n) is 3.89. The zero-order chi connectivity index (χ0) is 14.0. The monoisotopic (exact) mass is 260 g/mol. The highest BCUT2D eigenvalue weighted by Gasteiger charge is 2.16. The van der Waals surface area contributed by atoms with Crippen LogP contribution in [0.2, 0.25) is 0 Å². The Balaban J connectivity index is 2.40. The molecule has 0 aliphatic carbocycles. The summed E-state index contributed by atoms with van der Waals surface area (Å²) >= 11 is 0. The van der Waals surface area contributed by atoms with E-state index < -0.39 is 5.97 Å². The SMILES string of the molecule is COc1ccc(N)c(C(=O)c2c[nH]c(C(=O)O)c2)c1. The Morgan fingerprint density at radius 1 is 1.32 bits per heavy atom. The first kappa shape index (κ1) is 12.7. The third-order valence-electron chi connectivity index (χ3n) is 2.68. The molecule has 98 valence electrons. The van der Waals surface area contributed by atoms with Gasteiger partial charge in [-0.15, -0.1) is 0 Å². The summed E-state index contributed by atoms with van der Waals surface area (Å²) in [5.74, 6) is -0.982. The van der Waals surface area contributed by atoms with Gasteiger partial charge in [0.15, 0.2) is 5.78 Å². The van der Waals surface area contributed by atoms with Crippen molar-refractivity contribution in [3.63, 3.8) is 0 Å². The maximum absolute atomic E-state index is 12.2. The van der Waals surface area contributed by atoms with E-state index in [1.807, 2.05) is 0 Å². The Labute approximate surface area is 108 Å². The number of hydrogen-bond donors (Lipinski definition) is 3. The number of ether oxygens (including phenoxy) is 1. The first-order valence-electron chi connectivity index (χ1n) is 5.43. The van der Waals surface area contributed by atoms with Crippen LogP contribution in [0.1, 0.15) is 26.4 Å². The maximum Gasteiger partial charge on any atom is 0.352 e. The lowest BCUT2D eigenvalue weighted by Crippen LogP contribution is -2.05. The molecule has 0 aliphatic rings. The number of nitrogen functional groups attached to an aromatic ring is 1. The quantitative estimate of drug-likeness (QED) is 0.571. The Hall–Kier alpha value is -2.76. The number of nitrogens with one attached hydrogen (secondary N) is 1. The molecule has 0 amide bonds. The van der Waals surface area contributed by atoms with E-state index in [1.54, 1.807) is 12.1 Å². The molecular weight excluding hydrogens is 248 g/mol. The summed E-state index contributed by atoms with van der Waals surface area (Å²) in [6, 6.07) is 6.00. The van der Waals surface area contributed by atoms with Crippen molar-refractivity contribution >= 4 is 17.4 Å². The minimum Gasteiger partial charge on any atom is -0.497 e. The molecule has 0 aliphatic heterocycles. The summed E-state index contributed by atoms with van der Waals surface area (Å²) in [7, 11) is 1.48. The van der Waals surface area contributed by atoms with E-state index in [2.05, 4.69) is 4.98 Å². The number of aromatic amines is 1. The second kappa shape index (κ2) is 4.85. The lowest BCUT2D eigenvalue weighted by molar-refractivity contribution is 0.0691. The van der Waals surface area contributed by atoms with E-state index in [-0.39, 0.29) is 22.6 Å².